The van der Waals surface area contributed by atoms with Crippen LogP contribution in [0.2, 0.25) is 0 Å². The van der Waals surface area contributed by atoms with Crippen molar-refractivity contribution in [2.75, 3.05) is 0 Å². The fraction of sp³-hybridized carbons (Fsp3) is 0.786. The van der Waals surface area contributed by atoms with Crippen molar-refractivity contribution in [1.82, 2.24) is 15.0 Å². The Balaban J connectivity index is 1.58. The molecular weight excluding hydrogens is 242 g/mol. The molecule has 1 N–H and O–H groups in total. The van der Waals surface area contributed by atoms with Crippen molar-refractivity contribution in [1.29, 1.82) is 0 Å². The summed E-state index contributed by atoms with van der Waals surface area (Å²) in [6.45, 7) is 0. The number of carbonyl (C=O) groups is 1. The van der Waals surface area contributed by atoms with Crippen LogP contribution in [0.4, 0.5) is 0 Å². The smallest absolute Gasteiger partial charge is 0.309 e. The van der Waals surface area contributed by atoms with Crippen molar-refractivity contribution in [3.63, 3.8) is 0 Å². The van der Waals surface area contributed by atoms with E-state index in [9.17, 15) is 4.79 Å². The monoisotopic (exact) mass is 261 g/mol. The van der Waals surface area contributed by atoms with Crippen molar-refractivity contribution in [2.45, 2.75) is 44.6 Å². The molecule has 4 aliphatic rings. The maximum absolute atomic E-state index is 10.7. The van der Waals surface area contributed by atoms with Crippen LogP contribution in [0.1, 0.15) is 43.8 Å². The maximum atomic E-state index is 10.7. The minimum Gasteiger partial charge on any atom is -0.481 e. The van der Waals surface area contributed by atoms with E-state index in [-0.39, 0.29) is 6.42 Å². The minimum atomic E-state index is -0.836. The van der Waals surface area contributed by atoms with Crippen LogP contribution < -0.4 is 0 Å². The molecule has 5 nitrogen and oxygen atoms in total. The van der Waals surface area contributed by atoms with Crippen molar-refractivity contribution in [3.8, 4) is 0 Å². The summed E-state index contributed by atoms with van der Waals surface area (Å²) in [5.74, 6) is 2.55. The zero-order valence-corrected chi connectivity index (χ0v) is 10.9. The fourth-order valence-electron chi connectivity index (χ4n) is 5.02. The Morgan fingerprint density at radius 2 is 1.84 bits per heavy atom. The summed E-state index contributed by atoms with van der Waals surface area (Å²) in [5.41, 5.74) is 0.585. The highest BCUT2D eigenvalue weighted by atomic mass is 16.4. The van der Waals surface area contributed by atoms with Gasteiger partial charge in [-0.15, -0.1) is 5.10 Å². The highest BCUT2D eigenvalue weighted by Crippen LogP contribution is 2.57. The molecule has 4 aliphatic carbocycles. The molecule has 1 aromatic heterocycles. The standard InChI is InChI=1S/C14H19N3O2/c18-13(19)6-12-7-17(16-15-12)14-10-2-8-1-9(4-10)5-11(14)3-8/h7-11,14H,1-6H2,(H,18,19). The van der Waals surface area contributed by atoms with Crippen molar-refractivity contribution < 1.29 is 9.90 Å². The van der Waals surface area contributed by atoms with Gasteiger partial charge in [-0.2, -0.15) is 0 Å². The van der Waals surface area contributed by atoms with Crippen LogP contribution >= 0.6 is 0 Å². The van der Waals surface area contributed by atoms with Gasteiger partial charge in [-0.25, -0.2) is 4.68 Å². The molecule has 0 atom stereocenters. The van der Waals surface area contributed by atoms with Crippen LogP contribution in [0, 0.1) is 23.7 Å². The van der Waals surface area contributed by atoms with Crippen LogP contribution in [0.3, 0.4) is 0 Å². The molecule has 102 valence electrons. The lowest BCUT2D eigenvalue weighted by Crippen LogP contribution is -2.46. The molecule has 0 aliphatic heterocycles. The summed E-state index contributed by atoms with van der Waals surface area (Å²) in [5, 5.41) is 17.1. The normalized spacial score (nSPS) is 39.7. The van der Waals surface area contributed by atoms with Crippen molar-refractivity contribution in [3.05, 3.63) is 11.9 Å². The van der Waals surface area contributed by atoms with Gasteiger partial charge >= 0.3 is 5.97 Å². The van der Waals surface area contributed by atoms with E-state index in [0.717, 1.165) is 23.7 Å². The van der Waals surface area contributed by atoms with Gasteiger partial charge in [0.25, 0.3) is 0 Å². The highest BCUT2D eigenvalue weighted by molar-refractivity contribution is 5.69. The molecule has 4 saturated carbocycles. The van der Waals surface area contributed by atoms with Gasteiger partial charge in [-0.1, -0.05) is 5.21 Å². The lowest BCUT2D eigenvalue weighted by molar-refractivity contribution is -0.136. The van der Waals surface area contributed by atoms with Crippen molar-refractivity contribution >= 4 is 5.97 Å². The van der Waals surface area contributed by atoms with Crippen LogP contribution in [0.25, 0.3) is 0 Å². The summed E-state index contributed by atoms with van der Waals surface area (Å²) < 4.78 is 1.98. The number of rotatable bonds is 3. The van der Waals surface area contributed by atoms with Gasteiger partial charge in [0.05, 0.1) is 18.2 Å². The number of hydrogen-bond acceptors (Lipinski definition) is 3. The number of aromatic nitrogens is 3. The Morgan fingerprint density at radius 1 is 1.21 bits per heavy atom. The second kappa shape index (κ2) is 4.05. The van der Waals surface area contributed by atoms with Gasteiger partial charge in [0.15, 0.2) is 0 Å². The number of aliphatic carboxylic acids is 1. The first kappa shape index (κ1) is 11.4. The third kappa shape index (κ3) is 1.86. The number of carboxylic acid groups (broad SMARTS) is 1. The predicted octanol–water partition coefficient (Wildman–Crippen LogP) is 1.90. The van der Waals surface area contributed by atoms with E-state index >= 15 is 0 Å². The lowest BCUT2D eigenvalue weighted by atomic mass is 9.54. The predicted molar refractivity (Wildman–Crippen MR) is 67.4 cm³/mol. The van der Waals surface area contributed by atoms with Gasteiger partial charge < -0.3 is 5.11 Å². The van der Waals surface area contributed by atoms with E-state index in [0.29, 0.717) is 11.7 Å². The average molecular weight is 261 g/mol. The van der Waals surface area contributed by atoms with Crippen LogP contribution in [0.15, 0.2) is 6.20 Å². The number of nitrogens with zero attached hydrogens (tertiary/aromatic N) is 3. The van der Waals surface area contributed by atoms with Crippen molar-refractivity contribution in [2.24, 2.45) is 23.7 Å². The van der Waals surface area contributed by atoms with Gasteiger partial charge in [-0.3, -0.25) is 4.79 Å². The van der Waals surface area contributed by atoms with E-state index in [2.05, 4.69) is 10.3 Å². The lowest BCUT2D eigenvalue weighted by Gasteiger charge is -2.54. The first-order chi connectivity index (χ1) is 9.19. The first-order valence-corrected chi connectivity index (χ1v) is 7.31. The van der Waals surface area contributed by atoms with Gasteiger partial charge in [0.2, 0.25) is 0 Å². The van der Waals surface area contributed by atoms with Crippen LogP contribution in [-0.4, -0.2) is 26.1 Å². The number of carboxylic acids is 1. The van der Waals surface area contributed by atoms with E-state index < -0.39 is 5.97 Å². The fourth-order valence-corrected chi connectivity index (χ4v) is 5.02. The Kier molecular flexibility index (Phi) is 2.44. The van der Waals surface area contributed by atoms with E-state index in [4.69, 9.17) is 5.11 Å². The highest BCUT2D eigenvalue weighted by Gasteiger charge is 2.49. The second-order valence-corrected chi connectivity index (χ2v) is 6.68. The Bertz CT molecular complexity index is 483. The molecule has 19 heavy (non-hydrogen) atoms. The second-order valence-electron chi connectivity index (χ2n) is 6.68. The topological polar surface area (TPSA) is 68.0 Å². The first-order valence-electron chi connectivity index (χ1n) is 7.31. The summed E-state index contributed by atoms with van der Waals surface area (Å²) in [4.78, 5) is 10.7. The van der Waals surface area contributed by atoms with E-state index in [1.165, 1.54) is 32.1 Å². The molecule has 0 spiro atoms. The van der Waals surface area contributed by atoms with Gasteiger partial charge in [0.1, 0.15) is 0 Å². The van der Waals surface area contributed by atoms with Crippen LogP contribution in [-0.2, 0) is 11.2 Å². The zero-order valence-electron chi connectivity index (χ0n) is 10.9. The molecule has 0 aromatic carbocycles. The molecule has 5 rings (SSSR count). The third-order valence-corrected chi connectivity index (χ3v) is 5.37. The maximum Gasteiger partial charge on any atom is 0.309 e. The molecule has 0 saturated heterocycles. The molecule has 4 fully saturated rings. The molecule has 4 bridgehead atoms. The summed E-state index contributed by atoms with van der Waals surface area (Å²) >= 11 is 0. The third-order valence-electron chi connectivity index (χ3n) is 5.37. The molecule has 1 aromatic rings. The molecule has 0 amide bonds. The molecule has 0 radical (unpaired) electrons. The summed E-state index contributed by atoms with van der Waals surface area (Å²) in [7, 11) is 0. The molecule has 1 heterocycles. The van der Waals surface area contributed by atoms with E-state index in [1.807, 2.05) is 10.9 Å². The SMILES string of the molecule is O=C(O)Cc1cn(C2C3CC4CC(C3)CC2C4)nn1. The minimum absolute atomic E-state index is 0.0205. The molecular formula is C14H19N3O2. The Hall–Kier alpha value is -1.39. The average Bonchev–Trinajstić information content (AvgIpc) is 2.75. The quantitative estimate of drug-likeness (QED) is 0.902. The number of hydrogen-bond donors (Lipinski definition) is 1. The molecule has 5 heteroatoms. The summed E-state index contributed by atoms with van der Waals surface area (Å²) in [6, 6.07) is 0.475. The zero-order chi connectivity index (χ0) is 13.0. The van der Waals surface area contributed by atoms with E-state index in [1.54, 1.807) is 0 Å². The Labute approximate surface area is 112 Å². The Morgan fingerprint density at radius 3 is 2.42 bits per heavy atom. The van der Waals surface area contributed by atoms with Gasteiger partial charge in [0, 0.05) is 6.20 Å². The van der Waals surface area contributed by atoms with Crippen LogP contribution in [0.5, 0.6) is 0 Å². The summed E-state index contributed by atoms with van der Waals surface area (Å²) in [6.07, 6.45) is 8.64. The molecule has 0 unspecified atom stereocenters. The largest absolute Gasteiger partial charge is 0.481 e. The van der Waals surface area contributed by atoms with Gasteiger partial charge in [-0.05, 0) is 55.8 Å².